The Balaban J connectivity index is 2.57. The lowest BCUT2D eigenvalue weighted by molar-refractivity contribution is -0.203. The number of thiophene rings is 1. The number of methoxy groups -OCH3 is 2. The SMILES string of the molecule is COC(=O)NC(Nc1sc2c(c1C#N)CCCC2)(C(=O)OC)C(F)(F)F. The van der Waals surface area contributed by atoms with Crippen molar-refractivity contribution in [2.75, 3.05) is 19.5 Å². The second kappa shape index (κ2) is 7.41. The molecule has 1 aliphatic rings. The van der Waals surface area contributed by atoms with Crippen molar-refractivity contribution >= 4 is 28.4 Å². The number of amides is 1. The summed E-state index contributed by atoms with van der Waals surface area (Å²) >= 11 is 0.959. The Labute approximate surface area is 151 Å². The van der Waals surface area contributed by atoms with E-state index in [4.69, 9.17) is 0 Å². The largest absolute Gasteiger partial charge is 0.466 e. The van der Waals surface area contributed by atoms with E-state index in [0.717, 1.165) is 43.3 Å². The van der Waals surface area contributed by atoms with Gasteiger partial charge in [0.2, 0.25) is 0 Å². The van der Waals surface area contributed by atoms with Crippen LogP contribution in [0.15, 0.2) is 0 Å². The van der Waals surface area contributed by atoms with Crippen LogP contribution in [0.5, 0.6) is 0 Å². The van der Waals surface area contributed by atoms with Crippen molar-refractivity contribution in [3.63, 3.8) is 0 Å². The van der Waals surface area contributed by atoms with Crippen molar-refractivity contribution in [3.8, 4) is 6.07 Å². The normalized spacial score (nSPS) is 15.8. The average molecular weight is 391 g/mol. The minimum Gasteiger partial charge on any atom is -0.466 e. The van der Waals surface area contributed by atoms with Gasteiger partial charge in [-0.1, -0.05) is 0 Å². The predicted octanol–water partition coefficient (Wildman–Crippen LogP) is 2.70. The van der Waals surface area contributed by atoms with Crippen LogP contribution in [-0.2, 0) is 27.1 Å². The van der Waals surface area contributed by atoms with E-state index in [1.165, 1.54) is 5.32 Å². The molecule has 0 saturated heterocycles. The van der Waals surface area contributed by atoms with Crippen LogP contribution in [0.3, 0.4) is 0 Å². The van der Waals surface area contributed by atoms with Crippen LogP contribution in [0.25, 0.3) is 0 Å². The van der Waals surface area contributed by atoms with Crippen molar-refractivity contribution in [2.45, 2.75) is 37.5 Å². The number of hydrogen-bond acceptors (Lipinski definition) is 7. The van der Waals surface area contributed by atoms with Crippen LogP contribution in [0.1, 0.15) is 28.8 Å². The van der Waals surface area contributed by atoms with E-state index < -0.39 is 23.9 Å². The predicted molar refractivity (Wildman–Crippen MR) is 85.6 cm³/mol. The van der Waals surface area contributed by atoms with Gasteiger partial charge in [-0.2, -0.15) is 18.4 Å². The lowest BCUT2D eigenvalue weighted by atomic mass is 9.96. The molecule has 26 heavy (non-hydrogen) atoms. The van der Waals surface area contributed by atoms with Crippen LogP contribution >= 0.6 is 11.3 Å². The summed E-state index contributed by atoms with van der Waals surface area (Å²) in [5, 5.41) is 12.7. The van der Waals surface area contributed by atoms with E-state index in [9.17, 15) is 28.0 Å². The minimum atomic E-state index is -5.27. The van der Waals surface area contributed by atoms with Crippen molar-refractivity contribution in [1.29, 1.82) is 5.26 Å². The maximum Gasteiger partial charge on any atom is 0.442 e. The van der Waals surface area contributed by atoms with Crippen LogP contribution in [0, 0.1) is 11.3 Å². The molecule has 0 fully saturated rings. The molecule has 1 aliphatic carbocycles. The average Bonchev–Trinajstić information content (AvgIpc) is 2.95. The Bertz CT molecular complexity index is 757. The zero-order valence-corrected chi connectivity index (χ0v) is 14.8. The number of nitriles is 1. The first-order chi connectivity index (χ1) is 12.2. The molecular formula is C15H16F3N3O4S. The standard InChI is InChI=1S/C15H16F3N3O4S/c1-24-12(22)14(15(16,17)18,21-13(23)25-2)20-11-9(7-19)8-5-3-4-6-10(8)26-11/h20H,3-6H2,1-2H3,(H,21,23). The van der Waals surface area contributed by atoms with Gasteiger partial charge in [0, 0.05) is 4.88 Å². The first kappa shape index (κ1) is 19.8. The Morgan fingerprint density at radius 2 is 1.85 bits per heavy atom. The maximum atomic E-state index is 13.8. The molecule has 0 aliphatic heterocycles. The summed E-state index contributed by atoms with van der Waals surface area (Å²) in [6, 6.07) is 1.89. The molecule has 7 nitrogen and oxygen atoms in total. The number of alkyl halides is 3. The molecule has 1 unspecified atom stereocenters. The van der Waals surface area contributed by atoms with Gasteiger partial charge in [0.1, 0.15) is 11.1 Å². The van der Waals surface area contributed by atoms with E-state index in [2.05, 4.69) is 9.47 Å². The van der Waals surface area contributed by atoms with Crippen LogP contribution in [0.4, 0.5) is 23.0 Å². The number of nitrogens with zero attached hydrogens (tertiary/aromatic N) is 1. The van der Waals surface area contributed by atoms with E-state index in [1.807, 2.05) is 11.4 Å². The fourth-order valence-corrected chi connectivity index (χ4v) is 3.99. The number of hydrogen-bond donors (Lipinski definition) is 2. The molecule has 1 atom stereocenters. The van der Waals surface area contributed by atoms with E-state index >= 15 is 0 Å². The van der Waals surface area contributed by atoms with Crippen molar-refractivity contribution in [2.24, 2.45) is 0 Å². The lowest BCUT2D eigenvalue weighted by Gasteiger charge is -2.34. The number of alkyl carbamates (subject to hydrolysis) is 1. The fraction of sp³-hybridized carbons (Fsp3) is 0.533. The van der Waals surface area contributed by atoms with Gasteiger partial charge in [-0.3, -0.25) is 5.32 Å². The third kappa shape index (κ3) is 3.41. The van der Waals surface area contributed by atoms with Crippen molar-refractivity contribution < 1.29 is 32.2 Å². The molecule has 1 aromatic rings. The Kier molecular flexibility index (Phi) is 5.65. The minimum absolute atomic E-state index is 0.0360. The van der Waals surface area contributed by atoms with Gasteiger partial charge in [0.15, 0.2) is 0 Å². The van der Waals surface area contributed by atoms with Crippen molar-refractivity contribution in [1.82, 2.24) is 5.32 Å². The number of carbonyl (C=O) groups is 2. The van der Waals surface area contributed by atoms with Gasteiger partial charge >= 0.3 is 23.9 Å². The highest BCUT2D eigenvalue weighted by atomic mass is 32.1. The van der Waals surface area contributed by atoms with Gasteiger partial charge in [-0.05, 0) is 31.2 Å². The third-order valence-electron chi connectivity index (χ3n) is 3.98. The molecule has 1 heterocycles. The fourth-order valence-electron chi connectivity index (χ4n) is 2.69. The number of anilines is 1. The first-order valence-electron chi connectivity index (χ1n) is 7.54. The molecule has 2 rings (SSSR count). The summed E-state index contributed by atoms with van der Waals surface area (Å²) in [5.74, 6) is -1.79. The zero-order chi connectivity index (χ0) is 19.5. The molecule has 11 heteroatoms. The van der Waals surface area contributed by atoms with E-state index in [1.54, 1.807) is 0 Å². The third-order valence-corrected chi connectivity index (χ3v) is 5.18. The molecule has 0 saturated carbocycles. The molecule has 0 bridgehead atoms. The molecule has 1 aromatic heterocycles. The Hall–Kier alpha value is -2.48. The number of rotatable bonds is 4. The number of carbonyl (C=O) groups excluding carboxylic acids is 2. The number of ether oxygens (including phenoxy) is 2. The van der Waals surface area contributed by atoms with Crippen LogP contribution in [0.2, 0.25) is 0 Å². The highest BCUT2D eigenvalue weighted by Crippen LogP contribution is 2.41. The summed E-state index contributed by atoms with van der Waals surface area (Å²) in [7, 11) is 1.62. The molecule has 0 aromatic carbocycles. The maximum absolute atomic E-state index is 13.8. The quantitative estimate of drug-likeness (QED) is 0.605. The van der Waals surface area contributed by atoms with E-state index in [0.29, 0.717) is 18.4 Å². The Morgan fingerprint density at radius 3 is 2.38 bits per heavy atom. The highest BCUT2D eigenvalue weighted by Gasteiger charge is 2.64. The van der Waals surface area contributed by atoms with Gasteiger partial charge < -0.3 is 14.8 Å². The second-order valence-corrected chi connectivity index (χ2v) is 6.61. The summed E-state index contributed by atoms with van der Waals surface area (Å²) < 4.78 is 49.9. The molecule has 0 spiro atoms. The number of nitrogens with one attached hydrogen (secondary N) is 2. The first-order valence-corrected chi connectivity index (χ1v) is 8.36. The summed E-state index contributed by atoms with van der Waals surface area (Å²) in [4.78, 5) is 24.3. The molecular weight excluding hydrogens is 375 g/mol. The van der Waals surface area contributed by atoms with Gasteiger partial charge in [0.05, 0.1) is 19.8 Å². The second-order valence-electron chi connectivity index (χ2n) is 5.51. The van der Waals surface area contributed by atoms with Crippen LogP contribution in [-0.4, -0.2) is 38.1 Å². The number of aryl methyl sites for hydroxylation is 1. The van der Waals surface area contributed by atoms with E-state index in [-0.39, 0.29) is 10.6 Å². The number of fused-ring (bicyclic) bond motifs is 1. The Morgan fingerprint density at radius 1 is 1.19 bits per heavy atom. The zero-order valence-electron chi connectivity index (χ0n) is 14.0. The summed E-state index contributed by atoms with van der Waals surface area (Å²) in [5.41, 5.74) is -2.88. The lowest BCUT2D eigenvalue weighted by Crippen LogP contribution is -2.69. The van der Waals surface area contributed by atoms with Gasteiger partial charge in [0.25, 0.3) is 0 Å². The van der Waals surface area contributed by atoms with Gasteiger partial charge in [-0.25, -0.2) is 9.59 Å². The molecule has 142 valence electrons. The highest BCUT2D eigenvalue weighted by molar-refractivity contribution is 7.16. The number of halogens is 3. The van der Waals surface area contributed by atoms with Crippen LogP contribution < -0.4 is 10.6 Å². The topological polar surface area (TPSA) is 100 Å². The monoisotopic (exact) mass is 391 g/mol. The molecule has 0 radical (unpaired) electrons. The number of esters is 1. The summed E-state index contributed by atoms with van der Waals surface area (Å²) in [6.07, 6.45) is -3.87. The van der Waals surface area contributed by atoms with Crippen molar-refractivity contribution in [3.05, 3.63) is 16.0 Å². The van der Waals surface area contributed by atoms with Gasteiger partial charge in [-0.15, -0.1) is 11.3 Å². The molecule has 2 N–H and O–H groups in total. The smallest absolute Gasteiger partial charge is 0.442 e. The molecule has 1 amide bonds. The summed E-state index contributed by atoms with van der Waals surface area (Å²) in [6.45, 7) is 0.